The van der Waals surface area contributed by atoms with Gasteiger partial charge in [-0.1, -0.05) is 26.0 Å². The number of hydrogen-bond donors (Lipinski definition) is 2. The standard InChI is InChI=1S/C15H23FN2O/c1-11(2)9-17-14(19)10-18-15(3,4)12-6-5-7-13(16)8-12/h5-8,11,18H,9-10H2,1-4H3,(H,17,19). The van der Waals surface area contributed by atoms with Gasteiger partial charge in [-0.3, -0.25) is 10.1 Å². The maximum atomic E-state index is 13.2. The van der Waals surface area contributed by atoms with Gasteiger partial charge in [0, 0.05) is 12.1 Å². The summed E-state index contributed by atoms with van der Waals surface area (Å²) >= 11 is 0. The van der Waals surface area contributed by atoms with Crippen molar-refractivity contribution in [1.29, 1.82) is 0 Å². The zero-order valence-corrected chi connectivity index (χ0v) is 12.1. The lowest BCUT2D eigenvalue weighted by Gasteiger charge is -2.27. The SMILES string of the molecule is CC(C)CNC(=O)CNC(C)(C)c1cccc(F)c1. The van der Waals surface area contributed by atoms with Crippen LogP contribution in [0, 0.1) is 11.7 Å². The second-order valence-corrected chi connectivity index (χ2v) is 5.69. The smallest absolute Gasteiger partial charge is 0.233 e. The number of amides is 1. The van der Waals surface area contributed by atoms with Gasteiger partial charge in [0.25, 0.3) is 0 Å². The van der Waals surface area contributed by atoms with E-state index >= 15 is 0 Å². The van der Waals surface area contributed by atoms with E-state index < -0.39 is 5.54 Å². The van der Waals surface area contributed by atoms with Crippen molar-refractivity contribution in [2.45, 2.75) is 33.2 Å². The summed E-state index contributed by atoms with van der Waals surface area (Å²) in [4.78, 5) is 11.6. The molecule has 1 aromatic carbocycles. The largest absolute Gasteiger partial charge is 0.355 e. The normalized spacial score (nSPS) is 11.7. The third-order valence-corrected chi connectivity index (χ3v) is 2.94. The molecule has 1 rings (SSSR count). The van der Waals surface area contributed by atoms with Gasteiger partial charge in [0.2, 0.25) is 5.91 Å². The first kappa shape index (κ1) is 15.6. The van der Waals surface area contributed by atoms with E-state index in [0.29, 0.717) is 12.5 Å². The van der Waals surface area contributed by atoms with Crippen molar-refractivity contribution in [3.05, 3.63) is 35.6 Å². The van der Waals surface area contributed by atoms with E-state index in [0.717, 1.165) is 5.56 Å². The molecule has 1 aromatic rings. The number of carbonyl (C=O) groups excluding carboxylic acids is 1. The number of nitrogens with one attached hydrogen (secondary N) is 2. The molecule has 0 unspecified atom stereocenters. The topological polar surface area (TPSA) is 41.1 Å². The molecule has 0 aromatic heterocycles. The number of hydrogen-bond acceptors (Lipinski definition) is 2. The average Bonchev–Trinajstić information content (AvgIpc) is 2.34. The van der Waals surface area contributed by atoms with E-state index in [4.69, 9.17) is 0 Å². The molecule has 3 nitrogen and oxygen atoms in total. The van der Waals surface area contributed by atoms with Crippen LogP contribution < -0.4 is 10.6 Å². The Morgan fingerprint density at radius 1 is 1.37 bits per heavy atom. The molecule has 0 bridgehead atoms. The van der Waals surface area contributed by atoms with Gasteiger partial charge < -0.3 is 5.32 Å². The first-order valence-corrected chi connectivity index (χ1v) is 6.59. The minimum Gasteiger partial charge on any atom is -0.355 e. The Hall–Kier alpha value is -1.42. The van der Waals surface area contributed by atoms with Crippen molar-refractivity contribution in [2.75, 3.05) is 13.1 Å². The molecule has 0 saturated heterocycles. The Balaban J connectivity index is 2.53. The quantitative estimate of drug-likeness (QED) is 0.830. The molecular formula is C15H23FN2O. The molecule has 2 N–H and O–H groups in total. The second-order valence-electron chi connectivity index (χ2n) is 5.69. The van der Waals surface area contributed by atoms with Crippen LogP contribution in [0.25, 0.3) is 0 Å². The van der Waals surface area contributed by atoms with Crippen LogP contribution in [0.3, 0.4) is 0 Å². The van der Waals surface area contributed by atoms with Crippen molar-refractivity contribution in [1.82, 2.24) is 10.6 Å². The maximum absolute atomic E-state index is 13.2. The van der Waals surface area contributed by atoms with Gasteiger partial charge in [-0.15, -0.1) is 0 Å². The fraction of sp³-hybridized carbons (Fsp3) is 0.533. The van der Waals surface area contributed by atoms with Crippen LogP contribution in [-0.2, 0) is 10.3 Å². The molecule has 106 valence electrons. The molecule has 0 aliphatic carbocycles. The molecule has 19 heavy (non-hydrogen) atoms. The lowest BCUT2D eigenvalue weighted by atomic mass is 9.94. The van der Waals surface area contributed by atoms with Gasteiger partial charge >= 0.3 is 0 Å². The van der Waals surface area contributed by atoms with E-state index in [9.17, 15) is 9.18 Å². The summed E-state index contributed by atoms with van der Waals surface area (Å²) in [6.45, 7) is 8.83. The summed E-state index contributed by atoms with van der Waals surface area (Å²) < 4.78 is 13.2. The van der Waals surface area contributed by atoms with Crippen molar-refractivity contribution in [2.24, 2.45) is 5.92 Å². The Bertz CT molecular complexity index is 430. The summed E-state index contributed by atoms with van der Waals surface area (Å²) in [6, 6.07) is 6.42. The van der Waals surface area contributed by atoms with E-state index in [1.165, 1.54) is 12.1 Å². The predicted molar refractivity (Wildman–Crippen MR) is 75.3 cm³/mol. The Morgan fingerprint density at radius 2 is 2.05 bits per heavy atom. The molecule has 1 amide bonds. The average molecular weight is 266 g/mol. The monoisotopic (exact) mass is 266 g/mol. The lowest BCUT2D eigenvalue weighted by Crippen LogP contribution is -2.44. The van der Waals surface area contributed by atoms with Crippen molar-refractivity contribution in [3.63, 3.8) is 0 Å². The Morgan fingerprint density at radius 3 is 2.63 bits per heavy atom. The maximum Gasteiger partial charge on any atom is 0.233 e. The van der Waals surface area contributed by atoms with Crippen molar-refractivity contribution >= 4 is 5.91 Å². The lowest BCUT2D eigenvalue weighted by molar-refractivity contribution is -0.120. The molecule has 0 fully saturated rings. The van der Waals surface area contributed by atoms with Crippen molar-refractivity contribution in [3.8, 4) is 0 Å². The van der Waals surface area contributed by atoms with E-state index in [1.807, 2.05) is 33.8 Å². The predicted octanol–water partition coefficient (Wildman–Crippen LogP) is 2.42. The first-order valence-electron chi connectivity index (χ1n) is 6.59. The van der Waals surface area contributed by atoms with Crippen molar-refractivity contribution < 1.29 is 9.18 Å². The van der Waals surface area contributed by atoms with Crippen LogP contribution in [0.15, 0.2) is 24.3 Å². The van der Waals surface area contributed by atoms with Crippen LogP contribution in [-0.4, -0.2) is 19.0 Å². The third kappa shape index (κ3) is 5.39. The molecule has 0 aliphatic rings. The van der Waals surface area contributed by atoms with E-state index in [1.54, 1.807) is 6.07 Å². The summed E-state index contributed by atoms with van der Waals surface area (Å²) in [5.41, 5.74) is 0.376. The number of rotatable bonds is 6. The Kier molecular flexibility index (Phi) is 5.48. The molecule has 0 spiro atoms. The zero-order chi connectivity index (χ0) is 14.5. The van der Waals surface area contributed by atoms with Gasteiger partial charge in [0.1, 0.15) is 5.82 Å². The zero-order valence-electron chi connectivity index (χ0n) is 12.1. The minimum atomic E-state index is -0.447. The molecule has 0 saturated carbocycles. The second kappa shape index (κ2) is 6.66. The summed E-state index contributed by atoms with van der Waals surface area (Å²) in [5.74, 6) is 0.120. The van der Waals surface area contributed by atoms with Crippen LogP contribution in [0.4, 0.5) is 4.39 Å². The number of benzene rings is 1. The van der Waals surface area contributed by atoms with Crippen LogP contribution in [0.1, 0.15) is 33.3 Å². The number of halogens is 1. The highest BCUT2D eigenvalue weighted by Gasteiger charge is 2.21. The van der Waals surface area contributed by atoms with Gasteiger partial charge in [-0.2, -0.15) is 0 Å². The van der Waals surface area contributed by atoms with Crippen LogP contribution in [0.5, 0.6) is 0 Å². The van der Waals surface area contributed by atoms with E-state index in [-0.39, 0.29) is 18.3 Å². The van der Waals surface area contributed by atoms with Crippen LogP contribution in [0.2, 0.25) is 0 Å². The minimum absolute atomic E-state index is 0.0434. The molecular weight excluding hydrogens is 243 g/mol. The number of carbonyl (C=O) groups is 1. The molecule has 0 aliphatic heterocycles. The third-order valence-electron chi connectivity index (χ3n) is 2.94. The Labute approximate surface area is 114 Å². The highest BCUT2D eigenvalue weighted by molar-refractivity contribution is 5.78. The molecule has 0 heterocycles. The fourth-order valence-corrected chi connectivity index (χ4v) is 1.66. The van der Waals surface area contributed by atoms with Gasteiger partial charge in [-0.25, -0.2) is 4.39 Å². The summed E-state index contributed by atoms with van der Waals surface area (Å²) in [5, 5.41) is 5.99. The van der Waals surface area contributed by atoms with Gasteiger partial charge in [0.05, 0.1) is 6.54 Å². The first-order chi connectivity index (χ1) is 8.81. The molecule has 0 atom stereocenters. The highest BCUT2D eigenvalue weighted by atomic mass is 19.1. The van der Waals surface area contributed by atoms with Gasteiger partial charge in [-0.05, 0) is 37.5 Å². The highest BCUT2D eigenvalue weighted by Crippen LogP contribution is 2.20. The van der Waals surface area contributed by atoms with E-state index in [2.05, 4.69) is 10.6 Å². The summed E-state index contributed by atoms with van der Waals surface area (Å²) in [7, 11) is 0. The molecule has 0 radical (unpaired) electrons. The fourth-order valence-electron chi connectivity index (χ4n) is 1.66. The summed E-state index contributed by atoms with van der Waals surface area (Å²) in [6.07, 6.45) is 0. The van der Waals surface area contributed by atoms with Gasteiger partial charge in [0.15, 0.2) is 0 Å². The van der Waals surface area contributed by atoms with Crippen LogP contribution >= 0.6 is 0 Å². The molecule has 4 heteroatoms.